The zero-order valence-electron chi connectivity index (χ0n) is 14.2. The first-order valence-corrected chi connectivity index (χ1v) is 15.1. The van der Waals surface area contributed by atoms with Gasteiger partial charge in [-0.2, -0.15) is 0 Å². The largest absolute Gasteiger partial charge is 0.371 e. The quantitative estimate of drug-likeness (QED) is 0.271. The van der Waals surface area contributed by atoms with Crippen LogP contribution in [0.5, 0.6) is 0 Å². The molecule has 0 bridgehead atoms. The van der Waals surface area contributed by atoms with Gasteiger partial charge in [-0.05, 0) is 13.8 Å². The van der Waals surface area contributed by atoms with Crippen LogP contribution >= 0.6 is 21.6 Å². The van der Waals surface area contributed by atoms with Gasteiger partial charge in [-0.1, -0.05) is 73.5 Å². The third kappa shape index (κ3) is 7.89. The van der Waals surface area contributed by atoms with Gasteiger partial charge < -0.3 is 9.47 Å². The van der Waals surface area contributed by atoms with Crippen LogP contribution in [0.3, 0.4) is 0 Å². The van der Waals surface area contributed by atoms with E-state index in [0.29, 0.717) is 10.1 Å². The molecule has 0 spiro atoms. The molecule has 0 N–H and O–H groups in total. The van der Waals surface area contributed by atoms with Crippen LogP contribution < -0.4 is 0 Å². The molecule has 2 nitrogen and oxygen atoms in total. The predicted octanol–water partition coefficient (Wildman–Crippen LogP) is 4.71. The molecule has 0 heterocycles. The second-order valence-corrected chi connectivity index (χ2v) is 15.9. The fourth-order valence-corrected chi connectivity index (χ4v) is 15.0. The Hall–Kier alpha value is 1.05. The van der Waals surface area contributed by atoms with Crippen LogP contribution in [0.15, 0.2) is 0 Å². The number of hydrogen-bond donors (Lipinski definition) is 0. The molecule has 0 amide bonds. The average molecular weight is 355 g/mol. The minimum absolute atomic E-state index is 0.450. The Labute approximate surface area is 137 Å². The van der Waals surface area contributed by atoms with E-state index in [9.17, 15) is 0 Å². The molecule has 0 fully saturated rings. The van der Waals surface area contributed by atoms with Gasteiger partial charge in [0.05, 0.1) is 27.7 Å². The van der Waals surface area contributed by atoms with Crippen molar-refractivity contribution in [3.63, 3.8) is 0 Å². The van der Waals surface area contributed by atoms with Crippen LogP contribution in [-0.4, -0.2) is 40.9 Å². The van der Waals surface area contributed by atoms with Crippen molar-refractivity contribution in [3.05, 3.63) is 0 Å². The van der Waals surface area contributed by atoms with Crippen LogP contribution in [0.25, 0.3) is 0 Å². The summed E-state index contributed by atoms with van der Waals surface area (Å²) in [4.78, 5) is 0. The van der Waals surface area contributed by atoms with Gasteiger partial charge in [0.25, 0.3) is 0 Å². The maximum absolute atomic E-state index is 6.03. The molecule has 20 heavy (non-hydrogen) atoms. The third-order valence-corrected chi connectivity index (χ3v) is 16.4. The second kappa shape index (κ2) is 13.7. The molecule has 0 aliphatic rings. The number of rotatable bonds is 13. The molecule has 0 aromatic heterocycles. The third-order valence-electron chi connectivity index (χ3n) is 3.77. The molecule has 0 aromatic rings. The van der Waals surface area contributed by atoms with E-state index >= 15 is 0 Å². The first-order chi connectivity index (χ1) is 9.68. The lowest BCUT2D eigenvalue weighted by Gasteiger charge is -2.27. The molecule has 122 valence electrons. The summed E-state index contributed by atoms with van der Waals surface area (Å²) < 4.78 is 12.1. The predicted molar refractivity (Wildman–Crippen MR) is 102 cm³/mol. The van der Waals surface area contributed by atoms with E-state index < -0.39 is 17.6 Å². The lowest BCUT2D eigenvalue weighted by atomic mass is 10.9. The van der Waals surface area contributed by atoms with E-state index in [1.807, 2.05) is 21.6 Å². The standard InChI is InChI=1S/C14H34O2S2Si2/c1-7-15-13(19(9-3)10-4)17-18-14(16-8-2)20(11-5)12-6/h13-14,19-20H,7-12H2,1-6H3. The molecule has 2 unspecified atom stereocenters. The van der Waals surface area contributed by atoms with E-state index in [0.717, 1.165) is 13.2 Å². The van der Waals surface area contributed by atoms with Crippen molar-refractivity contribution in [2.24, 2.45) is 0 Å². The van der Waals surface area contributed by atoms with E-state index in [4.69, 9.17) is 9.47 Å². The summed E-state index contributed by atoms with van der Waals surface area (Å²) in [5.41, 5.74) is 0. The molecule has 2 atom stereocenters. The van der Waals surface area contributed by atoms with Crippen LogP contribution in [0.2, 0.25) is 24.2 Å². The highest BCUT2D eigenvalue weighted by Crippen LogP contribution is 2.37. The Kier molecular flexibility index (Phi) is 14.4. The van der Waals surface area contributed by atoms with Gasteiger partial charge in [0.15, 0.2) is 0 Å². The van der Waals surface area contributed by atoms with Gasteiger partial charge in [0.2, 0.25) is 0 Å². The molecular formula is C14H34O2S2Si2. The van der Waals surface area contributed by atoms with Gasteiger partial charge in [-0.15, -0.1) is 0 Å². The maximum Gasteiger partial charge on any atom is 0.0980 e. The van der Waals surface area contributed by atoms with Crippen molar-refractivity contribution in [1.29, 1.82) is 0 Å². The zero-order chi connectivity index (χ0) is 15.4. The Balaban J connectivity index is 4.52. The van der Waals surface area contributed by atoms with E-state index in [1.54, 1.807) is 0 Å². The Morgan fingerprint density at radius 2 is 0.950 bits per heavy atom. The van der Waals surface area contributed by atoms with E-state index in [-0.39, 0.29) is 0 Å². The zero-order valence-corrected chi connectivity index (χ0v) is 18.1. The summed E-state index contributed by atoms with van der Waals surface area (Å²) in [6.07, 6.45) is 0. The molecule has 6 heteroatoms. The van der Waals surface area contributed by atoms with Crippen molar-refractivity contribution in [2.75, 3.05) is 13.2 Å². The summed E-state index contributed by atoms with van der Waals surface area (Å²) in [6.45, 7) is 15.2. The summed E-state index contributed by atoms with van der Waals surface area (Å²) in [5, 5.41) is 0.901. The highest BCUT2D eigenvalue weighted by molar-refractivity contribution is 8.77. The van der Waals surface area contributed by atoms with Gasteiger partial charge in [0.1, 0.15) is 0 Å². The van der Waals surface area contributed by atoms with Crippen LogP contribution in [-0.2, 0) is 9.47 Å². The van der Waals surface area contributed by atoms with Crippen molar-refractivity contribution in [2.45, 2.75) is 75.8 Å². The molecule has 0 radical (unpaired) electrons. The monoisotopic (exact) mass is 354 g/mol. The fraction of sp³-hybridized carbons (Fsp3) is 1.00. The van der Waals surface area contributed by atoms with Crippen molar-refractivity contribution >= 4 is 39.2 Å². The molecule has 0 aromatic carbocycles. The molecule has 0 aliphatic carbocycles. The fourth-order valence-electron chi connectivity index (χ4n) is 2.27. The minimum atomic E-state index is -0.773. The maximum atomic E-state index is 6.03. The van der Waals surface area contributed by atoms with Crippen molar-refractivity contribution in [3.8, 4) is 0 Å². The van der Waals surface area contributed by atoms with Gasteiger partial charge in [-0.3, -0.25) is 0 Å². The highest BCUT2D eigenvalue weighted by Gasteiger charge is 2.26. The lowest BCUT2D eigenvalue weighted by molar-refractivity contribution is 0.166. The van der Waals surface area contributed by atoms with Gasteiger partial charge in [0, 0.05) is 13.2 Å². The first-order valence-electron chi connectivity index (χ1n) is 8.23. The SMILES string of the molecule is CCOC(SSC(OCC)[SiH](CC)CC)[SiH](CC)CC. The average Bonchev–Trinajstić information content (AvgIpc) is 2.46. The molecule has 0 saturated carbocycles. The van der Waals surface area contributed by atoms with Crippen molar-refractivity contribution in [1.82, 2.24) is 0 Å². The summed E-state index contributed by atoms with van der Waals surface area (Å²) in [7, 11) is 2.41. The number of ether oxygens (including phenoxy) is 2. The van der Waals surface area contributed by atoms with Crippen LogP contribution in [0, 0.1) is 0 Å². The van der Waals surface area contributed by atoms with Crippen LogP contribution in [0.4, 0.5) is 0 Å². The van der Waals surface area contributed by atoms with Gasteiger partial charge in [-0.25, -0.2) is 0 Å². The lowest BCUT2D eigenvalue weighted by Crippen LogP contribution is -2.32. The molecule has 0 rings (SSSR count). The highest BCUT2D eigenvalue weighted by atomic mass is 33.1. The molecular weight excluding hydrogens is 320 g/mol. The summed E-state index contributed by atoms with van der Waals surface area (Å²) >= 11 is 0. The Bertz CT molecular complexity index is 193. The van der Waals surface area contributed by atoms with E-state index in [2.05, 4.69) is 41.5 Å². The Morgan fingerprint density at radius 1 is 0.650 bits per heavy atom. The molecule has 0 aliphatic heterocycles. The minimum Gasteiger partial charge on any atom is -0.371 e. The first kappa shape index (κ1) is 21.1. The number of hydrogen-bond acceptors (Lipinski definition) is 4. The summed E-state index contributed by atoms with van der Waals surface area (Å²) in [6, 6.07) is 5.32. The topological polar surface area (TPSA) is 18.5 Å². The Morgan fingerprint density at radius 3 is 1.15 bits per heavy atom. The summed E-state index contributed by atoms with van der Waals surface area (Å²) in [5.74, 6) is 0. The smallest absolute Gasteiger partial charge is 0.0980 e. The van der Waals surface area contributed by atoms with Crippen molar-refractivity contribution < 1.29 is 9.47 Å². The van der Waals surface area contributed by atoms with Crippen LogP contribution in [0.1, 0.15) is 41.5 Å². The van der Waals surface area contributed by atoms with E-state index in [1.165, 1.54) is 24.2 Å². The van der Waals surface area contributed by atoms with Gasteiger partial charge >= 0.3 is 0 Å². The molecule has 0 saturated heterocycles. The normalized spacial score (nSPS) is 15.0. The second-order valence-electron chi connectivity index (χ2n) is 4.99.